The summed E-state index contributed by atoms with van der Waals surface area (Å²) in [4.78, 5) is 8.63. The van der Waals surface area contributed by atoms with Gasteiger partial charge in [-0.05, 0) is 60.2 Å². The van der Waals surface area contributed by atoms with Gasteiger partial charge in [0.15, 0.2) is 0 Å². The highest BCUT2D eigenvalue weighted by molar-refractivity contribution is 5.78. The van der Waals surface area contributed by atoms with E-state index in [1.54, 1.807) is 36.7 Å². The standard InChI is InChI=1S/C21H15F2N5/c22-17-7-3-15(4-8-17)19-20(16-5-9-18(23)10-6-16)27-28-21(26-19)25-13-14-2-1-11-24-12-14/h1-12H,13H2,(H,25,26,28). The lowest BCUT2D eigenvalue weighted by atomic mass is 10.0. The zero-order valence-electron chi connectivity index (χ0n) is 14.7. The third-order valence-electron chi connectivity index (χ3n) is 4.10. The maximum absolute atomic E-state index is 13.3. The highest BCUT2D eigenvalue weighted by atomic mass is 19.1. The van der Waals surface area contributed by atoms with Gasteiger partial charge in [-0.15, -0.1) is 10.2 Å². The van der Waals surface area contributed by atoms with Gasteiger partial charge in [-0.3, -0.25) is 4.98 Å². The Morgan fingerprint density at radius 3 is 2.00 bits per heavy atom. The van der Waals surface area contributed by atoms with Crippen molar-refractivity contribution in [3.63, 3.8) is 0 Å². The van der Waals surface area contributed by atoms with Gasteiger partial charge in [-0.25, -0.2) is 13.8 Å². The first kappa shape index (κ1) is 17.7. The molecule has 0 aliphatic heterocycles. The maximum atomic E-state index is 13.3. The van der Waals surface area contributed by atoms with Crippen LogP contribution in [0.5, 0.6) is 0 Å². The summed E-state index contributed by atoms with van der Waals surface area (Å²) >= 11 is 0. The third kappa shape index (κ3) is 3.98. The zero-order chi connectivity index (χ0) is 19.3. The van der Waals surface area contributed by atoms with Crippen molar-refractivity contribution < 1.29 is 8.78 Å². The molecule has 0 aliphatic rings. The first-order valence-corrected chi connectivity index (χ1v) is 8.58. The number of nitrogens with one attached hydrogen (secondary N) is 1. The molecule has 0 fully saturated rings. The molecule has 138 valence electrons. The van der Waals surface area contributed by atoms with Gasteiger partial charge in [-0.2, -0.15) is 0 Å². The van der Waals surface area contributed by atoms with E-state index in [9.17, 15) is 8.78 Å². The fourth-order valence-corrected chi connectivity index (χ4v) is 2.70. The molecule has 0 amide bonds. The van der Waals surface area contributed by atoms with Crippen LogP contribution >= 0.6 is 0 Å². The topological polar surface area (TPSA) is 63.6 Å². The van der Waals surface area contributed by atoms with E-state index >= 15 is 0 Å². The molecular formula is C21H15F2N5. The summed E-state index contributed by atoms with van der Waals surface area (Å²) in [6, 6.07) is 15.6. The molecule has 4 aromatic rings. The number of nitrogens with zero attached hydrogens (tertiary/aromatic N) is 4. The van der Waals surface area contributed by atoms with Crippen molar-refractivity contribution >= 4 is 5.95 Å². The molecule has 0 atom stereocenters. The number of aromatic nitrogens is 4. The van der Waals surface area contributed by atoms with Crippen molar-refractivity contribution in [1.29, 1.82) is 0 Å². The minimum Gasteiger partial charge on any atom is -0.349 e. The first-order chi connectivity index (χ1) is 13.7. The van der Waals surface area contributed by atoms with E-state index in [0.717, 1.165) is 5.56 Å². The van der Waals surface area contributed by atoms with Crippen LogP contribution in [0.15, 0.2) is 73.1 Å². The molecule has 5 nitrogen and oxygen atoms in total. The molecule has 2 aromatic carbocycles. The van der Waals surface area contributed by atoms with Gasteiger partial charge in [-0.1, -0.05) is 6.07 Å². The Hall–Kier alpha value is -3.74. The zero-order valence-corrected chi connectivity index (χ0v) is 14.7. The normalized spacial score (nSPS) is 10.6. The molecule has 0 bridgehead atoms. The van der Waals surface area contributed by atoms with Crippen LogP contribution in [0.2, 0.25) is 0 Å². The van der Waals surface area contributed by atoms with Crippen LogP contribution < -0.4 is 5.32 Å². The summed E-state index contributed by atoms with van der Waals surface area (Å²) in [5.41, 5.74) is 3.32. The van der Waals surface area contributed by atoms with Crippen LogP contribution in [0.4, 0.5) is 14.7 Å². The fourth-order valence-electron chi connectivity index (χ4n) is 2.70. The quantitative estimate of drug-likeness (QED) is 0.557. The van der Waals surface area contributed by atoms with E-state index < -0.39 is 0 Å². The Morgan fingerprint density at radius 2 is 1.39 bits per heavy atom. The molecule has 0 saturated heterocycles. The Bertz CT molecular complexity index is 1070. The second kappa shape index (κ2) is 7.87. The number of rotatable bonds is 5. The van der Waals surface area contributed by atoms with Crippen LogP contribution in [0, 0.1) is 11.6 Å². The van der Waals surface area contributed by atoms with Crippen LogP contribution in [0.25, 0.3) is 22.5 Å². The maximum Gasteiger partial charge on any atom is 0.243 e. The van der Waals surface area contributed by atoms with Gasteiger partial charge in [0.05, 0.1) is 0 Å². The first-order valence-electron chi connectivity index (χ1n) is 8.58. The lowest BCUT2D eigenvalue weighted by molar-refractivity contribution is 0.627. The second-order valence-corrected chi connectivity index (χ2v) is 6.06. The minimum atomic E-state index is -0.345. The van der Waals surface area contributed by atoms with Crippen molar-refractivity contribution in [2.45, 2.75) is 6.54 Å². The molecule has 4 rings (SSSR count). The van der Waals surface area contributed by atoms with E-state index in [1.165, 1.54) is 24.3 Å². The number of benzene rings is 2. The Morgan fingerprint density at radius 1 is 0.750 bits per heavy atom. The average molecular weight is 375 g/mol. The summed E-state index contributed by atoms with van der Waals surface area (Å²) in [5, 5.41) is 11.5. The van der Waals surface area contributed by atoms with Gasteiger partial charge in [0, 0.05) is 30.1 Å². The summed E-state index contributed by atoms with van der Waals surface area (Å²) in [6.07, 6.45) is 3.44. The van der Waals surface area contributed by atoms with Crippen molar-refractivity contribution in [2.24, 2.45) is 0 Å². The SMILES string of the molecule is Fc1ccc(-c2nnc(NCc3cccnc3)nc2-c2ccc(F)cc2)cc1. The van der Waals surface area contributed by atoms with E-state index in [-0.39, 0.29) is 11.6 Å². The van der Waals surface area contributed by atoms with Crippen LogP contribution in [-0.4, -0.2) is 20.2 Å². The predicted octanol–water partition coefficient (Wildman–Crippen LogP) is 4.49. The summed E-state index contributed by atoms with van der Waals surface area (Å²) in [6.45, 7) is 0.480. The Labute approximate surface area is 160 Å². The monoisotopic (exact) mass is 375 g/mol. The molecule has 0 spiro atoms. The molecule has 2 aromatic heterocycles. The smallest absolute Gasteiger partial charge is 0.243 e. The minimum absolute atomic E-state index is 0.328. The van der Waals surface area contributed by atoms with E-state index in [4.69, 9.17) is 0 Å². The van der Waals surface area contributed by atoms with Crippen LogP contribution in [0.3, 0.4) is 0 Å². The number of hydrogen-bond acceptors (Lipinski definition) is 5. The van der Waals surface area contributed by atoms with Crippen molar-refractivity contribution in [3.05, 3.63) is 90.3 Å². The fraction of sp³-hybridized carbons (Fsp3) is 0.0476. The lowest BCUT2D eigenvalue weighted by Crippen LogP contribution is -2.07. The van der Waals surface area contributed by atoms with E-state index in [0.29, 0.717) is 35.0 Å². The number of anilines is 1. The molecule has 7 heteroatoms. The number of hydrogen-bond donors (Lipinski definition) is 1. The average Bonchev–Trinajstić information content (AvgIpc) is 2.74. The molecule has 0 radical (unpaired) electrons. The van der Waals surface area contributed by atoms with Crippen molar-refractivity contribution in [1.82, 2.24) is 20.2 Å². The molecule has 2 heterocycles. The third-order valence-corrected chi connectivity index (χ3v) is 4.10. The van der Waals surface area contributed by atoms with E-state index in [1.807, 2.05) is 12.1 Å². The van der Waals surface area contributed by atoms with Crippen LogP contribution in [0.1, 0.15) is 5.56 Å². The van der Waals surface area contributed by atoms with Crippen molar-refractivity contribution in [3.8, 4) is 22.5 Å². The van der Waals surface area contributed by atoms with Gasteiger partial charge in [0.25, 0.3) is 0 Å². The second-order valence-electron chi connectivity index (χ2n) is 6.06. The summed E-state index contributed by atoms with van der Waals surface area (Å²) in [5.74, 6) is -0.360. The van der Waals surface area contributed by atoms with Gasteiger partial charge < -0.3 is 5.32 Å². The predicted molar refractivity (Wildman–Crippen MR) is 102 cm³/mol. The Balaban J connectivity index is 1.71. The molecular weight excluding hydrogens is 360 g/mol. The lowest BCUT2D eigenvalue weighted by Gasteiger charge is -2.11. The number of pyridine rings is 1. The highest BCUT2D eigenvalue weighted by Gasteiger charge is 2.14. The van der Waals surface area contributed by atoms with E-state index in [2.05, 4.69) is 25.5 Å². The van der Waals surface area contributed by atoms with Gasteiger partial charge in [0.1, 0.15) is 23.0 Å². The summed E-state index contributed by atoms with van der Waals surface area (Å²) in [7, 11) is 0. The number of halogens is 2. The largest absolute Gasteiger partial charge is 0.349 e. The summed E-state index contributed by atoms with van der Waals surface area (Å²) < 4.78 is 26.6. The van der Waals surface area contributed by atoms with Crippen molar-refractivity contribution in [2.75, 3.05) is 5.32 Å². The van der Waals surface area contributed by atoms with Gasteiger partial charge in [0.2, 0.25) is 5.95 Å². The molecule has 0 aliphatic carbocycles. The molecule has 0 saturated carbocycles. The van der Waals surface area contributed by atoms with Gasteiger partial charge >= 0.3 is 0 Å². The molecule has 1 N–H and O–H groups in total. The Kier molecular flexibility index (Phi) is 4.97. The molecule has 0 unspecified atom stereocenters. The van der Waals surface area contributed by atoms with Crippen LogP contribution in [-0.2, 0) is 6.54 Å². The molecule has 28 heavy (non-hydrogen) atoms. The highest BCUT2D eigenvalue weighted by Crippen LogP contribution is 2.29.